The van der Waals surface area contributed by atoms with Gasteiger partial charge in [0.15, 0.2) is 0 Å². The Kier molecular flexibility index (Phi) is 3.77. The van der Waals surface area contributed by atoms with Crippen molar-refractivity contribution in [3.8, 4) is 0 Å². The lowest BCUT2D eigenvalue weighted by Crippen LogP contribution is -2.33. The topological polar surface area (TPSA) is 63.1 Å². The van der Waals surface area contributed by atoms with Crippen LogP contribution in [0.25, 0.3) is 0 Å². The van der Waals surface area contributed by atoms with Crippen molar-refractivity contribution in [2.24, 2.45) is 11.8 Å². The van der Waals surface area contributed by atoms with Crippen molar-refractivity contribution in [3.63, 3.8) is 0 Å². The van der Waals surface area contributed by atoms with Gasteiger partial charge in [0.05, 0.1) is 0 Å². The summed E-state index contributed by atoms with van der Waals surface area (Å²) in [5.74, 6) is 2.05. The lowest BCUT2D eigenvalue weighted by atomic mass is 9.89. The molecule has 2 aliphatic heterocycles. The Bertz CT molecular complexity index is 846. The molecular weight excluding hydrogens is 333 g/mol. The fourth-order valence-electron chi connectivity index (χ4n) is 4.26. The minimum atomic E-state index is -0.140. The van der Waals surface area contributed by atoms with E-state index in [0.717, 1.165) is 50.3 Å². The Hall–Kier alpha value is -2.28. The van der Waals surface area contributed by atoms with E-state index in [0.29, 0.717) is 30.2 Å². The van der Waals surface area contributed by atoms with Crippen LogP contribution in [0.5, 0.6) is 0 Å². The normalized spacial score (nSPS) is 25.0. The highest BCUT2D eigenvalue weighted by Gasteiger charge is 2.39. The largest absolute Gasteiger partial charge is 0.347 e. The first kappa shape index (κ1) is 15.9. The van der Waals surface area contributed by atoms with Crippen LogP contribution in [-0.4, -0.2) is 44.7 Å². The summed E-state index contributed by atoms with van der Waals surface area (Å²) in [6, 6.07) is 7.29. The summed E-state index contributed by atoms with van der Waals surface area (Å²) in [5, 5.41) is 11.4. The molecule has 2 atom stereocenters. The SMILES string of the molecule is O=C(NC1CC1)c1nnc2n1C[C@H]1CN(Cc3ccccc3F)C[C@H]1C2. The number of halogens is 1. The highest BCUT2D eigenvalue weighted by molar-refractivity contribution is 5.91. The van der Waals surface area contributed by atoms with Crippen molar-refractivity contribution < 1.29 is 9.18 Å². The molecule has 3 heterocycles. The van der Waals surface area contributed by atoms with Gasteiger partial charge in [-0.05, 0) is 30.7 Å². The predicted molar refractivity (Wildman–Crippen MR) is 92.9 cm³/mol. The number of likely N-dealkylation sites (tertiary alicyclic amines) is 1. The smallest absolute Gasteiger partial charge is 0.289 e. The maximum atomic E-state index is 13.9. The molecule has 26 heavy (non-hydrogen) atoms. The highest BCUT2D eigenvalue weighted by atomic mass is 19.1. The molecular formula is C19H22FN5O. The summed E-state index contributed by atoms with van der Waals surface area (Å²) in [4.78, 5) is 14.7. The Morgan fingerprint density at radius 2 is 1.96 bits per heavy atom. The van der Waals surface area contributed by atoms with Crippen LogP contribution >= 0.6 is 0 Å². The molecule has 0 radical (unpaired) electrons. The third-order valence-electron chi connectivity index (χ3n) is 5.81. The number of nitrogens with zero attached hydrogens (tertiary/aromatic N) is 4. The molecule has 1 N–H and O–H groups in total. The fraction of sp³-hybridized carbons (Fsp3) is 0.526. The number of carbonyl (C=O) groups is 1. The summed E-state index contributed by atoms with van der Waals surface area (Å²) in [6.45, 7) is 3.26. The molecule has 1 aliphatic carbocycles. The molecule has 136 valence electrons. The van der Waals surface area contributed by atoms with Gasteiger partial charge in [-0.1, -0.05) is 18.2 Å². The van der Waals surface area contributed by atoms with E-state index >= 15 is 0 Å². The van der Waals surface area contributed by atoms with Gasteiger partial charge in [-0.25, -0.2) is 4.39 Å². The van der Waals surface area contributed by atoms with Gasteiger partial charge >= 0.3 is 0 Å². The fourth-order valence-corrected chi connectivity index (χ4v) is 4.26. The summed E-state index contributed by atoms with van der Waals surface area (Å²) in [6.07, 6.45) is 2.95. The van der Waals surface area contributed by atoms with E-state index < -0.39 is 0 Å². The van der Waals surface area contributed by atoms with Crippen molar-refractivity contribution in [3.05, 3.63) is 47.3 Å². The van der Waals surface area contributed by atoms with Crippen molar-refractivity contribution in [2.45, 2.75) is 38.4 Å². The molecule has 3 aliphatic rings. The van der Waals surface area contributed by atoms with Crippen LogP contribution in [0.2, 0.25) is 0 Å². The molecule has 2 aromatic rings. The lowest BCUT2D eigenvalue weighted by molar-refractivity contribution is 0.0932. The molecule has 0 spiro atoms. The van der Waals surface area contributed by atoms with Crippen LogP contribution in [-0.2, 0) is 19.5 Å². The van der Waals surface area contributed by atoms with E-state index in [9.17, 15) is 9.18 Å². The molecule has 1 aromatic heterocycles. The van der Waals surface area contributed by atoms with E-state index in [1.54, 1.807) is 6.07 Å². The van der Waals surface area contributed by atoms with E-state index in [2.05, 4.69) is 20.4 Å². The molecule has 1 amide bonds. The number of carbonyl (C=O) groups excluding carboxylic acids is 1. The molecule has 0 unspecified atom stereocenters. The van der Waals surface area contributed by atoms with Crippen LogP contribution in [0.4, 0.5) is 4.39 Å². The maximum Gasteiger partial charge on any atom is 0.289 e. The average Bonchev–Trinajstić information content (AvgIpc) is 3.20. The van der Waals surface area contributed by atoms with Gasteiger partial charge in [0.1, 0.15) is 11.6 Å². The number of hydrogen-bond acceptors (Lipinski definition) is 4. The number of hydrogen-bond donors (Lipinski definition) is 1. The molecule has 1 aromatic carbocycles. The Morgan fingerprint density at radius 1 is 1.15 bits per heavy atom. The van der Waals surface area contributed by atoms with Gasteiger partial charge in [-0.2, -0.15) is 0 Å². The molecule has 5 rings (SSSR count). The van der Waals surface area contributed by atoms with E-state index in [4.69, 9.17) is 0 Å². The third-order valence-corrected chi connectivity index (χ3v) is 5.81. The van der Waals surface area contributed by atoms with E-state index in [-0.39, 0.29) is 11.7 Å². The van der Waals surface area contributed by atoms with Crippen molar-refractivity contribution in [2.75, 3.05) is 13.1 Å². The molecule has 7 heteroatoms. The zero-order valence-electron chi connectivity index (χ0n) is 14.6. The summed E-state index contributed by atoms with van der Waals surface area (Å²) >= 11 is 0. The second-order valence-corrected chi connectivity index (χ2v) is 7.81. The first-order chi connectivity index (χ1) is 12.7. The molecule has 1 saturated carbocycles. The van der Waals surface area contributed by atoms with Crippen molar-refractivity contribution >= 4 is 5.91 Å². The number of fused-ring (bicyclic) bond motifs is 2. The first-order valence-corrected chi connectivity index (χ1v) is 9.36. The Balaban J connectivity index is 1.29. The van der Waals surface area contributed by atoms with Crippen LogP contribution < -0.4 is 5.32 Å². The minimum Gasteiger partial charge on any atom is -0.347 e. The average molecular weight is 355 g/mol. The highest BCUT2D eigenvalue weighted by Crippen LogP contribution is 2.33. The van der Waals surface area contributed by atoms with Gasteiger partial charge in [0.2, 0.25) is 5.82 Å². The lowest BCUT2D eigenvalue weighted by Gasteiger charge is -2.25. The van der Waals surface area contributed by atoms with Crippen molar-refractivity contribution in [1.82, 2.24) is 25.0 Å². The molecule has 6 nitrogen and oxygen atoms in total. The standard InChI is InChI=1S/C19H22FN5O/c20-16-4-2-1-3-12(16)8-24-9-13-7-17-22-23-18(19(26)21-15-5-6-15)25(17)11-14(13)10-24/h1-4,13-15H,5-11H2,(H,21,26)/t13-,14-/m1/s1. The summed E-state index contributed by atoms with van der Waals surface area (Å²) < 4.78 is 15.9. The van der Waals surface area contributed by atoms with Gasteiger partial charge < -0.3 is 9.88 Å². The summed E-state index contributed by atoms with van der Waals surface area (Å²) in [5.41, 5.74) is 0.745. The minimum absolute atomic E-state index is 0.106. The van der Waals surface area contributed by atoms with Gasteiger partial charge in [-0.3, -0.25) is 9.69 Å². The number of nitrogens with one attached hydrogen (secondary N) is 1. The summed E-state index contributed by atoms with van der Waals surface area (Å²) in [7, 11) is 0. The van der Waals surface area contributed by atoms with Crippen LogP contribution in [0.15, 0.2) is 24.3 Å². The third kappa shape index (κ3) is 2.90. The maximum absolute atomic E-state index is 13.9. The van der Waals surface area contributed by atoms with Gasteiger partial charge in [-0.15, -0.1) is 10.2 Å². The van der Waals surface area contributed by atoms with E-state index in [1.165, 1.54) is 6.07 Å². The zero-order chi connectivity index (χ0) is 17.7. The predicted octanol–water partition coefficient (Wildman–Crippen LogP) is 1.61. The zero-order valence-corrected chi connectivity index (χ0v) is 14.6. The second kappa shape index (κ2) is 6.16. The Morgan fingerprint density at radius 3 is 2.77 bits per heavy atom. The molecule has 1 saturated heterocycles. The van der Waals surface area contributed by atoms with Crippen LogP contribution in [0.3, 0.4) is 0 Å². The molecule has 2 fully saturated rings. The molecule has 0 bridgehead atoms. The number of amides is 1. The number of rotatable bonds is 4. The second-order valence-electron chi connectivity index (χ2n) is 7.81. The quantitative estimate of drug-likeness (QED) is 0.905. The monoisotopic (exact) mass is 355 g/mol. The Labute approximate surface area is 151 Å². The first-order valence-electron chi connectivity index (χ1n) is 9.36. The van der Waals surface area contributed by atoms with E-state index in [1.807, 2.05) is 16.7 Å². The van der Waals surface area contributed by atoms with Crippen LogP contribution in [0, 0.1) is 17.7 Å². The number of benzene rings is 1. The van der Waals surface area contributed by atoms with Crippen LogP contribution in [0.1, 0.15) is 34.8 Å². The number of aromatic nitrogens is 3. The van der Waals surface area contributed by atoms with Crippen molar-refractivity contribution in [1.29, 1.82) is 0 Å². The van der Waals surface area contributed by atoms with Gasteiger partial charge in [0.25, 0.3) is 5.91 Å². The van der Waals surface area contributed by atoms with Gasteiger partial charge in [0, 0.05) is 44.2 Å².